The lowest BCUT2D eigenvalue weighted by Crippen LogP contribution is -2.51. The normalized spacial score (nSPS) is 12.1. The minimum Gasteiger partial charge on any atom is -0.497 e. The van der Waals surface area contributed by atoms with E-state index in [2.05, 4.69) is 5.32 Å². The molecule has 1 N–H and O–H groups in total. The van der Waals surface area contributed by atoms with Crippen molar-refractivity contribution in [3.05, 3.63) is 89.4 Å². The highest BCUT2D eigenvalue weighted by Crippen LogP contribution is 2.27. The molecule has 39 heavy (non-hydrogen) atoms. The van der Waals surface area contributed by atoms with Gasteiger partial charge in [-0.15, -0.1) is 0 Å². The minimum absolute atomic E-state index is 0.0108. The lowest BCUT2D eigenvalue weighted by atomic mass is 10.1. The number of nitrogens with one attached hydrogen (secondary N) is 1. The molecule has 8 nitrogen and oxygen atoms in total. The van der Waals surface area contributed by atoms with Crippen molar-refractivity contribution in [3.8, 4) is 5.75 Å². The molecule has 0 bridgehead atoms. The average molecular weight is 572 g/mol. The van der Waals surface area contributed by atoms with Crippen LogP contribution in [0.1, 0.15) is 26.3 Å². The van der Waals surface area contributed by atoms with Crippen molar-refractivity contribution < 1.29 is 22.7 Å². The lowest BCUT2D eigenvalue weighted by molar-refractivity contribution is -0.139. The molecule has 10 heteroatoms. The number of nitrogens with zero attached hydrogens (tertiary/aromatic N) is 2. The van der Waals surface area contributed by atoms with Crippen molar-refractivity contribution in [2.24, 2.45) is 5.92 Å². The van der Waals surface area contributed by atoms with Crippen LogP contribution in [-0.2, 0) is 26.2 Å². The van der Waals surface area contributed by atoms with Crippen molar-refractivity contribution in [1.29, 1.82) is 0 Å². The third-order valence-electron chi connectivity index (χ3n) is 6.09. The molecule has 3 rings (SSSR count). The zero-order valence-electron chi connectivity index (χ0n) is 22.5. The molecule has 0 aliphatic heterocycles. The maximum Gasteiger partial charge on any atom is 0.264 e. The van der Waals surface area contributed by atoms with E-state index in [9.17, 15) is 18.0 Å². The Kier molecular flexibility index (Phi) is 10.4. The highest BCUT2D eigenvalue weighted by molar-refractivity contribution is 7.92. The summed E-state index contributed by atoms with van der Waals surface area (Å²) >= 11 is 6.05. The van der Waals surface area contributed by atoms with E-state index in [1.807, 2.05) is 44.2 Å². The van der Waals surface area contributed by atoms with E-state index in [4.69, 9.17) is 16.3 Å². The highest BCUT2D eigenvalue weighted by atomic mass is 35.5. The minimum atomic E-state index is -4.17. The van der Waals surface area contributed by atoms with Gasteiger partial charge in [0.15, 0.2) is 0 Å². The second-order valence-corrected chi connectivity index (χ2v) is 11.8. The summed E-state index contributed by atoms with van der Waals surface area (Å²) in [5.74, 6) is -0.116. The van der Waals surface area contributed by atoms with Crippen LogP contribution in [-0.4, -0.2) is 51.4 Å². The molecule has 0 radical (unpaired) electrons. The number of carbonyl (C=O) groups excluding carboxylic acids is 2. The molecule has 0 spiro atoms. The van der Waals surface area contributed by atoms with Crippen molar-refractivity contribution in [1.82, 2.24) is 10.2 Å². The van der Waals surface area contributed by atoms with Crippen LogP contribution in [0.3, 0.4) is 0 Å². The van der Waals surface area contributed by atoms with E-state index >= 15 is 0 Å². The van der Waals surface area contributed by atoms with E-state index in [1.165, 1.54) is 48.4 Å². The molecule has 2 amide bonds. The van der Waals surface area contributed by atoms with Crippen LogP contribution < -0.4 is 14.4 Å². The van der Waals surface area contributed by atoms with Gasteiger partial charge in [0.05, 0.1) is 17.7 Å². The topological polar surface area (TPSA) is 96.0 Å². The second kappa shape index (κ2) is 13.5. The lowest BCUT2D eigenvalue weighted by Gasteiger charge is -2.32. The Bertz CT molecular complexity index is 1350. The standard InChI is InChI=1S/C29H34ClN3O5S/c1-21(2)18-31-29(35)22(3)32(19-23-8-6-5-7-9-23)28(34)20-33(25-12-10-24(30)11-13-25)39(36,37)27-16-14-26(38-4)15-17-27/h5-17,21-22H,18-20H2,1-4H3,(H,31,35)/t22-/m0/s1. The number of anilines is 1. The number of ether oxygens (including phenoxy) is 1. The number of carbonyl (C=O) groups is 2. The van der Waals surface area contributed by atoms with Crippen LogP contribution in [0, 0.1) is 5.92 Å². The van der Waals surface area contributed by atoms with Gasteiger partial charge >= 0.3 is 0 Å². The Morgan fingerprint density at radius 1 is 0.923 bits per heavy atom. The Balaban J connectivity index is 1.99. The first-order chi connectivity index (χ1) is 18.5. The van der Waals surface area contributed by atoms with Crippen molar-refractivity contribution in [2.75, 3.05) is 24.5 Å². The molecule has 0 heterocycles. The average Bonchev–Trinajstić information content (AvgIpc) is 2.93. The van der Waals surface area contributed by atoms with E-state index < -0.39 is 28.5 Å². The summed E-state index contributed by atoms with van der Waals surface area (Å²) in [5, 5.41) is 3.29. The van der Waals surface area contributed by atoms with E-state index in [0.717, 1.165) is 9.87 Å². The van der Waals surface area contributed by atoms with E-state index in [0.29, 0.717) is 17.3 Å². The zero-order chi connectivity index (χ0) is 28.6. The number of methoxy groups -OCH3 is 1. The van der Waals surface area contributed by atoms with Gasteiger partial charge in [0.1, 0.15) is 18.3 Å². The molecule has 0 aliphatic carbocycles. The van der Waals surface area contributed by atoms with Crippen LogP contribution in [0.25, 0.3) is 0 Å². The highest BCUT2D eigenvalue weighted by Gasteiger charge is 2.32. The van der Waals surface area contributed by atoms with Crippen LogP contribution in [0.15, 0.2) is 83.8 Å². The largest absolute Gasteiger partial charge is 0.497 e. The van der Waals surface area contributed by atoms with E-state index in [1.54, 1.807) is 19.1 Å². The molecule has 1 atom stereocenters. The molecule has 0 saturated carbocycles. The summed E-state index contributed by atoms with van der Waals surface area (Å²) in [6.07, 6.45) is 0. The summed E-state index contributed by atoms with van der Waals surface area (Å²) in [6, 6.07) is 20.5. The summed E-state index contributed by atoms with van der Waals surface area (Å²) < 4.78 is 33.8. The van der Waals surface area contributed by atoms with Crippen molar-refractivity contribution in [2.45, 2.75) is 38.3 Å². The number of hydrogen-bond acceptors (Lipinski definition) is 5. The first-order valence-corrected chi connectivity index (χ1v) is 14.4. The smallest absolute Gasteiger partial charge is 0.264 e. The monoisotopic (exact) mass is 571 g/mol. The Labute approximate surface area is 235 Å². The molecular formula is C29H34ClN3O5S. The van der Waals surface area contributed by atoms with Gasteiger partial charge < -0.3 is 15.0 Å². The Hall–Kier alpha value is -3.56. The predicted molar refractivity (Wildman–Crippen MR) is 153 cm³/mol. The van der Waals surface area contributed by atoms with Crippen LogP contribution in [0.2, 0.25) is 5.02 Å². The third-order valence-corrected chi connectivity index (χ3v) is 8.13. The van der Waals surface area contributed by atoms with Crippen molar-refractivity contribution in [3.63, 3.8) is 0 Å². The molecular weight excluding hydrogens is 538 g/mol. The van der Waals surface area contributed by atoms with Crippen LogP contribution in [0.5, 0.6) is 5.75 Å². The number of sulfonamides is 1. The summed E-state index contributed by atoms with van der Waals surface area (Å²) in [6.45, 7) is 5.66. The molecule has 0 aromatic heterocycles. The van der Waals surface area contributed by atoms with Gasteiger partial charge in [0, 0.05) is 18.1 Å². The first-order valence-electron chi connectivity index (χ1n) is 12.6. The van der Waals surface area contributed by atoms with Gasteiger partial charge in [0.25, 0.3) is 10.0 Å². The molecule has 0 unspecified atom stereocenters. The zero-order valence-corrected chi connectivity index (χ0v) is 24.1. The molecule has 208 valence electrons. The molecule has 3 aromatic rings. The maximum absolute atomic E-state index is 13.9. The summed E-state index contributed by atoms with van der Waals surface area (Å²) in [4.78, 5) is 28.2. The fourth-order valence-corrected chi connectivity index (χ4v) is 5.37. The number of amides is 2. The van der Waals surface area contributed by atoms with E-state index in [-0.39, 0.29) is 29.0 Å². The van der Waals surface area contributed by atoms with Crippen LogP contribution >= 0.6 is 11.6 Å². The predicted octanol–water partition coefficient (Wildman–Crippen LogP) is 4.73. The van der Waals surface area contributed by atoms with Gasteiger partial charge in [0.2, 0.25) is 11.8 Å². The fourth-order valence-electron chi connectivity index (χ4n) is 3.83. The van der Waals surface area contributed by atoms with Gasteiger partial charge in [-0.2, -0.15) is 0 Å². The summed E-state index contributed by atoms with van der Waals surface area (Å²) in [7, 11) is -2.69. The van der Waals surface area contributed by atoms with Crippen molar-refractivity contribution >= 4 is 39.1 Å². The molecule has 0 saturated heterocycles. The maximum atomic E-state index is 13.9. The Morgan fingerprint density at radius 2 is 1.54 bits per heavy atom. The summed E-state index contributed by atoms with van der Waals surface area (Å²) in [5.41, 5.74) is 1.07. The second-order valence-electron chi connectivity index (χ2n) is 9.49. The van der Waals surface area contributed by atoms with Gasteiger partial charge in [-0.25, -0.2) is 8.42 Å². The SMILES string of the molecule is COc1ccc(S(=O)(=O)N(CC(=O)N(Cc2ccccc2)[C@@H](C)C(=O)NCC(C)C)c2ccc(Cl)cc2)cc1. The number of halogens is 1. The van der Waals surface area contributed by atoms with Gasteiger partial charge in [-0.3, -0.25) is 13.9 Å². The Morgan fingerprint density at radius 3 is 2.10 bits per heavy atom. The quantitative estimate of drug-likeness (QED) is 0.339. The molecule has 0 fully saturated rings. The molecule has 0 aliphatic rings. The van der Waals surface area contributed by atoms with Gasteiger partial charge in [-0.1, -0.05) is 55.8 Å². The van der Waals surface area contributed by atoms with Gasteiger partial charge in [-0.05, 0) is 66.9 Å². The fraction of sp³-hybridized carbons (Fsp3) is 0.310. The first kappa shape index (κ1) is 30.0. The molecule has 3 aromatic carbocycles. The number of benzene rings is 3. The van der Waals surface area contributed by atoms with Crippen LogP contribution in [0.4, 0.5) is 5.69 Å². The number of hydrogen-bond donors (Lipinski definition) is 1. The third kappa shape index (κ3) is 7.97. The number of rotatable bonds is 12.